The van der Waals surface area contributed by atoms with Crippen LogP contribution in [0, 0.1) is 29.1 Å². The summed E-state index contributed by atoms with van der Waals surface area (Å²) in [7, 11) is 0. The number of carboxylic acids is 2. The van der Waals surface area contributed by atoms with Crippen molar-refractivity contribution in [2.24, 2.45) is 29.1 Å². The van der Waals surface area contributed by atoms with Crippen molar-refractivity contribution in [3.63, 3.8) is 0 Å². The van der Waals surface area contributed by atoms with Crippen LogP contribution >= 0.6 is 0 Å². The molecule has 0 aromatic carbocycles. The molecule has 3 aliphatic rings. The average molecular weight is 238 g/mol. The molecule has 0 heterocycles. The molecule has 2 N–H and O–H groups in total. The Bertz CT molecular complexity index is 364. The molecule has 2 bridgehead atoms. The van der Waals surface area contributed by atoms with E-state index in [0.29, 0.717) is 17.8 Å². The number of carboxylic acid groups (broad SMARTS) is 2. The number of carbonyl (C=O) groups is 2. The second kappa shape index (κ2) is 3.47. The normalized spacial score (nSPS) is 43.0. The van der Waals surface area contributed by atoms with E-state index in [9.17, 15) is 19.8 Å². The standard InChI is InChI=1S/C13H18O4/c14-11(15)10(12(16)17)13-5-4-7(6-13)8-2-1-3-9(8)13/h7-10H,1-6H2,(H,14,15)(H,16,17). The van der Waals surface area contributed by atoms with Gasteiger partial charge in [0.2, 0.25) is 0 Å². The van der Waals surface area contributed by atoms with Gasteiger partial charge >= 0.3 is 11.9 Å². The Morgan fingerprint density at radius 1 is 1.12 bits per heavy atom. The fraction of sp³-hybridized carbons (Fsp3) is 0.846. The quantitative estimate of drug-likeness (QED) is 0.737. The van der Waals surface area contributed by atoms with Gasteiger partial charge in [0.15, 0.2) is 5.92 Å². The van der Waals surface area contributed by atoms with Gasteiger partial charge in [-0.15, -0.1) is 0 Å². The second-order valence-corrected chi connectivity index (χ2v) is 6.05. The number of rotatable bonds is 3. The van der Waals surface area contributed by atoms with E-state index in [0.717, 1.165) is 32.1 Å². The highest BCUT2D eigenvalue weighted by Crippen LogP contribution is 2.68. The van der Waals surface area contributed by atoms with E-state index >= 15 is 0 Å². The summed E-state index contributed by atoms with van der Waals surface area (Å²) in [6.07, 6.45) is 6.06. The molecular weight excluding hydrogens is 220 g/mol. The van der Waals surface area contributed by atoms with Gasteiger partial charge in [-0.25, -0.2) is 0 Å². The van der Waals surface area contributed by atoms with Crippen LogP contribution in [-0.2, 0) is 9.59 Å². The maximum Gasteiger partial charge on any atom is 0.318 e. The Hall–Kier alpha value is -1.06. The van der Waals surface area contributed by atoms with Crippen molar-refractivity contribution < 1.29 is 19.8 Å². The van der Waals surface area contributed by atoms with Gasteiger partial charge in [0.05, 0.1) is 0 Å². The van der Waals surface area contributed by atoms with Gasteiger partial charge in [-0.3, -0.25) is 9.59 Å². The molecule has 0 spiro atoms. The Morgan fingerprint density at radius 2 is 1.82 bits per heavy atom. The SMILES string of the molecule is O=C(O)C(C(=O)O)C12CCC(C1)C1CCCC12. The molecule has 94 valence electrons. The van der Waals surface area contributed by atoms with Crippen molar-refractivity contribution in [3.05, 3.63) is 0 Å². The maximum atomic E-state index is 11.3. The summed E-state index contributed by atoms with van der Waals surface area (Å²) < 4.78 is 0. The smallest absolute Gasteiger partial charge is 0.318 e. The fourth-order valence-electron chi connectivity index (χ4n) is 5.19. The van der Waals surface area contributed by atoms with Crippen LogP contribution in [0.5, 0.6) is 0 Å². The largest absolute Gasteiger partial charge is 0.481 e. The molecule has 3 aliphatic carbocycles. The molecule has 0 radical (unpaired) electrons. The first-order valence-corrected chi connectivity index (χ1v) is 6.52. The third-order valence-corrected chi connectivity index (χ3v) is 5.60. The van der Waals surface area contributed by atoms with E-state index in [1.807, 2.05) is 0 Å². The van der Waals surface area contributed by atoms with Gasteiger partial charge in [0, 0.05) is 0 Å². The monoisotopic (exact) mass is 238 g/mol. The number of hydrogen-bond acceptors (Lipinski definition) is 2. The molecular formula is C13H18O4. The minimum Gasteiger partial charge on any atom is -0.481 e. The number of hydrogen-bond donors (Lipinski definition) is 2. The summed E-state index contributed by atoms with van der Waals surface area (Å²) in [4.78, 5) is 22.6. The molecule has 0 aliphatic heterocycles. The van der Waals surface area contributed by atoms with Gasteiger partial charge in [0.1, 0.15) is 0 Å². The predicted molar refractivity (Wildman–Crippen MR) is 59.4 cm³/mol. The van der Waals surface area contributed by atoms with Crippen molar-refractivity contribution in [2.45, 2.75) is 38.5 Å². The van der Waals surface area contributed by atoms with Crippen LogP contribution in [0.1, 0.15) is 38.5 Å². The van der Waals surface area contributed by atoms with E-state index in [2.05, 4.69) is 0 Å². The van der Waals surface area contributed by atoms with Crippen LogP contribution in [0.4, 0.5) is 0 Å². The van der Waals surface area contributed by atoms with Crippen molar-refractivity contribution in [1.82, 2.24) is 0 Å². The van der Waals surface area contributed by atoms with Crippen LogP contribution < -0.4 is 0 Å². The van der Waals surface area contributed by atoms with E-state index in [4.69, 9.17) is 0 Å². The van der Waals surface area contributed by atoms with Gasteiger partial charge in [-0.2, -0.15) is 0 Å². The van der Waals surface area contributed by atoms with E-state index in [1.165, 1.54) is 6.42 Å². The van der Waals surface area contributed by atoms with Crippen LogP contribution in [0.2, 0.25) is 0 Å². The highest BCUT2D eigenvalue weighted by atomic mass is 16.4. The lowest BCUT2D eigenvalue weighted by molar-refractivity contribution is -0.163. The molecule has 4 heteroatoms. The highest BCUT2D eigenvalue weighted by molar-refractivity contribution is 5.94. The van der Waals surface area contributed by atoms with Crippen molar-refractivity contribution in [3.8, 4) is 0 Å². The van der Waals surface area contributed by atoms with E-state index < -0.39 is 23.3 Å². The topological polar surface area (TPSA) is 74.6 Å². The molecule has 3 fully saturated rings. The summed E-state index contributed by atoms with van der Waals surface area (Å²) in [5, 5.41) is 18.5. The van der Waals surface area contributed by atoms with E-state index in [1.54, 1.807) is 0 Å². The van der Waals surface area contributed by atoms with Crippen molar-refractivity contribution in [2.75, 3.05) is 0 Å². The van der Waals surface area contributed by atoms with Crippen molar-refractivity contribution in [1.29, 1.82) is 0 Å². The zero-order chi connectivity index (χ0) is 12.2. The van der Waals surface area contributed by atoms with Gasteiger partial charge < -0.3 is 10.2 Å². The first kappa shape index (κ1) is 11.1. The summed E-state index contributed by atoms with van der Waals surface area (Å²) in [5.41, 5.74) is -0.427. The Morgan fingerprint density at radius 3 is 2.47 bits per heavy atom. The summed E-state index contributed by atoms with van der Waals surface area (Å²) >= 11 is 0. The lowest BCUT2D eigenvalue weighted by atomic mass is 9.64. The Labute approximate surface area is 100 Å². The van der Waals surface area contributed by atoms with Gasteiger partial charge in [0.25, 0.3) is 0 Å². The minimum absolute atomic E-state index is 0.360. The molecule has 0 amide bonds. The molecule has 0 saturated heterocycles. The van der Waals surface area contributed by atoms with Crippen LogP contribution in [0.3, 0.4) is 0 Å². The van der Waals surface area contributed by atoms with Crippen molar-refractivity contribution >= 4 is 11.9 Å². The molecule has 4 nitrogen and oxygen atoms in total. The summed E-state index contributed by atoms with van der Waals surface area (Å²) in [6, 6.07) is 0. The first-order chi connectivity index (χ1) is 8.06. The number of fused-ring (bicyclic) bond motifs is 5. The average Bonchev–Trinajstić information content (AvgIpc) is 2.85. The zero-order valence-corrected chi connectivity index (χ0v) is 9.76. The molecule has 3 saturated carbocycles. The zero-order valence-electron chi connectivity index (χ0n) is 9.76. The lowest BCUT2D eigenvalue weighted by Gasteiger charge is -2.38. The predicted octanol–water partition coefficient (Wildman–Crippen LogP) is 1.99. The van der Waals surface area contributed by atoms with Gasteiger partial charge in [-0.05, 0) is 55.3 Å². The van der Waals surface area contributed by atoms with E-state index in [-0.39, 0.29) is 0 Å². The third kappa shape index (κ3) is 1.30. The molecule has 4 unspecified atom stereocenters. The molecule has 17 heavy (non-hydrogen) atoms. The molecule has 0 aromatic heterocycles. The Balaban J connectivity index is 1.99. The van der Waals surface area contributed by atoms with Crippen LogP contribution in [-0.4, -0.2) is 22.2 Å². The van der Waals surface area contributed by atoms with Gasteiger partial charge in [-0.1, -0.05) is 6.42 Å². The Kier molecular flexibility index (Phi) is 2.25. The summed E-state index contributed by atoms with van der Waals surface area (Å²) in [5.74, 6) is -1.87. The van der Waals surface area contributed by atoms with Crippen LogP contribution in [0.25, 0.3) is 0 Å². The van der Waals surface area contributed by atoms with Crippen LogP contribution in [0.15, 0.2) is 0 Å². The second-order valence-electron chi connectivity index (χ2n) is 6.05. The first-order valence-electron chi connectivity index (χ1n) is 6.52. The third-order valence-electron chi connectivity index (χ3n) is 5.60. The molecule has 4 atom stereocenters. The molecule has 0 aromatic rings. The maximum absolute atomic E-state index is 11.3. The fourth-order valence-corrected chi connectivity index (χ4v) is 5.19. The molecule has 3 rings (SSSR count). The lowest BCUT2D eigenvalue weighted by Crippen LogP contribution is -2.43. The summed E-state index contributed by atoms with van der Waals surface area (Å²) in [6.45, 7) is 0. The highest BCUT2D eigenvalue weighted by Gasteiger charge is 2.64. The number of aliphatic carboxylic acids is 2. The minimum atomic E-state index is -1.18.